The fraction of sp³-hybridized carbons (Fsp3) is 0.200. The van der Waals surface area contributed by atoms with Crippen molar-refractivity contribution in [2.75, 3.05) is 11.1 Å². The summed E-state index contributed by atoms with van der Waals surface area (Å²) in [5.74, 6) is 0. The van der Waals surface area contributed by atoms with E-state index in [9.17, 15) is 0 Å². The topological polar surface area (TPSA) is 38.0 Å². The third kappa shape index (κ3) is 2.96. The van der Waals surface area contributed by atoms with Gasteiger partial charge in [-0.25, -0.2) is 0 Å². The van der Waals surface area contributed by atoms with Gasteiger partial charge in [0.05, 0.1) is 16.4 Å². The molecule has 0 aliphatic heterocycles. The number of nitrogen functional groups attached to an aromatic ring is 1. The second-order valence-electron chi connectivity index (χ2n) is 4.23. The van der Waals surface area contributed by atoms with E-state index in [1.165, 1.54) is 11.1 Å². The van der Waals surface area contributed by atoms with E-state index in [1.807, 2.05) is 18.2 Å². The fourth-order valence-corrected chi connectivity index (χ4v) is 2.06. The van der Waals surface area contributed by atoms with Gasteiger partial charge in [0.1, 0.15) is 0 Å². The number of benzene rings is 2. The summed E-state index contributed by atoms with van der Waals surface area (Å²) in [5, 5.41) is 3.93. The van der Waals surface area contributed by atoms with Crippen molar-refractivity contribution in [3.8, 4) is 0 Å². The number of rotatable bonds is 4. The van der Waals surface area contributed by atoms with Crippen LogP contribution in [0.4, 0.5) is 11.4 Å². The van der Waals surface area contributed by atoms with Gasteiger partial charge in [0.2, 0.25) is 0 Å². The zero-order chi connectivity index (χ0) is 13.0. The molecule has 0 bridgehead atoms. The molecule has 3 N–H and O–H groups in total. The minimum atomic E-state index is 0.653. The second kappa shape index (κ2) is 5.78. The lowest BCUT2D eigenvalue weighted by atomic mass is 10.1. The van der Waals surface area contributed by atoms with E-state index in [-0.39, 0.29) is 0 Å². The van der Waals surface area contributed by atoms with Crippen LogP contribution in [0.5, 0.6) is 0 Å². The monoisotopic (exact) mass is 260 g/mol. The minimum Gasteiger partial charge on any atom is -0.397 e. The van der Waals surface area contributed by atoms with Crippen molar-refractivity contribution in [3.63, 3.8) is 0 Å². The van der Waals surface area contributed by atoms with Crippen LogP contribution in [0.3, 0.4) is 0 Å². The average Bonchev–Trinajstić information content (AvgIpc) is 2.39. The molecule has 2 aromatic carbocycles. The van der Waals surface area contributed by atoms with Crippen molar-refractivity contribution >= 4 is 23.0 Å². The highest BCUT2D eigenvalue weighted by Crippen LogP contribution is 2.28. The highest BCUT2D eigenvalue weighted by molar-refractivity contribution is 6.33. The lowest BCUT2D eigenvalue weighted by molar-refractivity contribution is 1.11. The quantitative estimate of drug-likeness (QED) is 0.813. The van der Waals surface area contributed by atoms with E-state index in [4.69, 9.17) is 17.3 Å². The fourth-order valence-electron chi connectivity index (χ4n) is 1.81. The lowest BCUT2D eigenvalue weighted by Gasteiger charge is -2.11. The maximum atomic E-state index is 6.10. The molecule has 0 aliphatic rings. The Balaban J connectivity index is 2.06. The highest BCUT2D eigenvalue weighted by atomic mass is 35.5. The molecule has 0 fully saturated rings. The summed E-state index contributed by atoms with van der Waals surface area (Å²) in [7, 11) is 0. The summed E-state index contributed by atoms with van der Waals surface area (Å²) in [5.41, 5.74) is 9.92. The van der Waals surface area contributed by atoms with Crippen LogP contribution in [0.2, 0.25) is 5.02 Å². The first-order valence-corrected chi connectivity index (χ1v) is 6.44. The Labute approximate surface area is 113 Å². The minimum absolute atomic E-state index is 0.653. The van der Waals surface area contributed by atoms with Crippen LogP contribution in [-0.4, -0.2) is 0 Å². The van der Waals surface area contributed by atoms with Crippen LogP contribution in [0.15, 0.2) is 42.5 Å². The predicted molar refractivity (Wildman–Crippen MR) is 79.0 cm³/mol. The molecule has 2 nitrogen and oxygen atoms in total. The van der Waals surface area contributed by atoms with Gasteiger partial charge in [-0.1, -0.05) is 48.9 Å². The Morgan fingerprint density at radius 3 is 2.33 bits per heavy atom. The van der Waals surface area contributed by atoms with Crippen molar-refractivity contribution in [1.82, 2.24) is 0 Å². The molecule has 18 heavy (non-hydrogen) atoms. The zero-order valence-electron chi connectivity index (χ0n) is 10.4. The van der Waals surface area contributed by atoms with Crippen LogP contribution in [0.1, 0.15) is 18.1 Å². The molecule has 0 spiro atoms. The normalized spacial score (nSPS) is 10.3. The molecule has 0 saturated heterocycles. The molecule has 0 aliphatic carbocycles. The van der Waals surface area contributed by atoms with Crippen LogP contribution in [0, 0.1) is 0 Å². The smallest absolute Gasteiger partial charge is 0.0765 e. The van der Waals surface area contributed by atoms with Gasteiger partial charge in [-0.15, -0.1) is 0 Å². The first-order chi connectivity index (χ1) is 8.70. The number of aryl methyl sites for hydroxylation is 1. The number of hydrogen-bond donors (Lipinski definition) is 2. The number of hydrogen-bond acceptors (Lipinski definition) is 2. The Hall–Kier alpha value is -1.67. The van der Waals surface area contributed by atoms with Crippen molar-refractivity contribution in [2.45, 2.75) is 19.9 Å². The first-order valence-electron chi connectivity index (χ1n) is 6.06. The average molecular weight is 261 g/mol. The molecule has 0 atom stereocenters. The van der Waals surface area contributed by atoms with Crippen molar-refractivity contribution in [3.05, 3.63) is 58.6 Å². The van der Waals surface area contributed by atoms with Crippen molar-refractivity contribution in [2.24, 2.45) is 0 Å². The Kier molecular flexibility index (Phi) is 4.11. The van der Waals surface area contributed by atoms with Crippen LogP contribution in [-0.2, 0) is 13.0 Å². The third-order valence-corrected chi connectivity index (χ3v) is 3.26. The van der Waals surface area contributed by atoms with Gasteiger partial charge in [-0.05, 0) is 29.7 Å². The Morgan fingerprint density at radius 1 is 1.06 bits per heavy atom. The van der Waals surface area contributed by atoms with Crippen LogP contribution in [0.25, 0.3) is 0 Å². The number of halogens is 1. The molecule has 3 heteroatoms. The van der Waals surface area contributed by atoms with Gasteiger partial charge in [0.25, 0.3) is 0 Å². The Bertz CT molecular complexity index is 500. The third-order valence-electron chi connectivity index (χ3n) is 2.95. The largest absolute Gasteiger partial charge is 0.397 e. The van der Waals surface area contributed by atoms with Crippen molar-refractivity contribution in [1.29, 1.82) is 0 Å². The van der Waals surface area contributed by atoms with E-state index in [0.717, 1.165) is 18.7 Å². The molecule has 0 aromatic heterocycles. The molecule has 2 aromatic rings. The van der Waals surface area contributed by atoms with Gasteiger partial charge in [0, 0.05) is 6.54 Å². The molecular weight excluding hydrogens is 244 g/mol. The van der Waals surface area contributed by atoms with Crippen LogP contribution >= 0.6 is 11.6 Å². The summed E-state index contributed by atoms with van der Waals surface area (Å²) >= 11 is 6.10. The van der Waals surface area contributed by atoms with Gasteiger partial charge in [0.15, 0.2) is 0 Å². The molecule has 0 amide bonds. The molecule has 94 valence electrons. The van der Waals surface area contributed by atoms with E-state index in [2.05, 4.69) is 36.5 Å². The van der Waals surface area contributed by atoms with Gasteiger partial charge >= 0.3 is 0 Å². The van der Waals surface area contributed by atoms with Gasteiger partial charge < -0.3 is 11.1 Å². The summed E-state index contributed by atoms with van der Waals surface area (Å²) in [6.45, 7) is 2.87. The van der Waals surface area contributed by atoms with E-state index < -0.39 is 0 Å². The molecule has 2 rings (SSSR count). The number of nitrogens with two attached hydrogens (primary N) is 1. The first kappa shape index (κ1) is 12.8. The maximum absolute atomic E-state index is 6.10. The maximum Gasteiger partial charge on any atom is 0.0765 e. The molecule has 0 heterocycles. The lowest BCUT2D eigenvalue weighted by Crippen LogP contribution is -2.03. The van der Waals surface area contributed by atoms with E-state index in [1.54, 1.807) is 0 Å². The molecular formula is C15H17ClN2. The summed E-state index contributed by atoms with van der Waals surface area (Å²) < 4.78 is 0. The number of para-hydroxylation sites is 1. The zero-order valence-corrected chi connectivity index (χ0v) is 11.2. The van der Waals surface area contributed by atoms with Gasteiger partial charge in [-0.2, -0.15) is 0 Å². The molecule has 0 saturated carbocycles. The van der Waals surface area contributed by atoms with E-state index in [0.29, 0.717) is 10.7 Å². The standard InChI is InChI=1S/C15H17ClN2/c1-2-11-6-8-12(9-7-11)10-18-15-13(16)4-3-5-14(15)17/h3-9,18H,2,10,17H2,1H3. The number of anilines is 2. The molecule has 0 unspecified atom stereocenters. The van der Waals surface area contributed by atoms with E-state index >= 15 is 0 Å². The number of nitrogens with one attached hydrogen (secondary N) is 1. The van der Waals surface area contributed by atoms with Crippen LogP contribution < -0.4 is 11.1 Å². The molecule has 0 radical (unpaired) electrons. The predicted octanol–water partition coefficient (Wildman–Crippen LogP) is 4.10. The van der Waals surface area contributed by atoms with Crippen molar-refractivity contribution < 1.29 is 0 Å². The summed E-state index contributed by atoms with van der Waals surface area (Å²) in [6.07, 6.45) is 1.06. The highest BCUT2D eigenvalue weighted by Gasteiger charge is 2.03. The second-order valence-corrected chi connectivity index (χ2v) is 4.63. The SMILES string of the molecule is CCc1ccc(CNc2c(N)cccc2Cl)cc1. The Morgan fingerprint density at radius 2 is 1.72 bits per heavy atom. The summed E-state index contributed by atoms with van der Waals surface area (Å²) in [6, 6.07) is 14.1. The summed E-state index contributed by atoms with van der Waals surface area (Å²) in [4.78, 5) is 0. The van der Waals surface area contributed by atoms with Gasteiger partial charge in [-0.3, -0.25) is 0 Å².